The Hall–Kier alpha value is -1.44. The number of sulfone groups is 1. The van der Waals surface area contributed by atoms with E-state index in [0.29, 0.717) is 25.9 Å². The molecule has 144 valence electrons. The van der Waals surface area contributed by atoms with Gasteiger partial charge in [-0.25, -0.2) is 8.42 Å². The summed E-state index contributed by atoms with van der Waals surface area (Å²) in [6.07, 6.45) is 3.61. The molecule has 6 nitrogen and oxygen atoms in total. The van der Waals surface area contributed by atoms with Crippen molar-refractivity contribution in [1.82, 2.24) is 15.5 Å². The van der Waals surface area contributed by atoms with Gasteiger partial charge in [-0.3, -0.25) is 9.69 Å². The van der Waals surface area contributed by atoms with Crippen molar-refractivity contribution in [3.8, 4) is 0 Å². The second-order valence-corrected chi connectivity index (χ2v) is 9.85. The number of nitrogens with one attached hydrogen (secondary N) is 2. The third-order valence-corrected chi connectivity index (χ3v) is 7.72. The quantitative estimate of drug-likeness (QED) is 0.796. The summed E-state index contributed by atoms with van der Waals surface area (Å²) in [5.41, 5.74) is 1.29. The highest BCUT2D eigenvalue weighted by molar-refractivity contribution is 7.92. The van der Waals surface area contributed by atoms with Crippen LogP contribution in [0.2, 0.25) is 0 Å². The van der Waals surface area contributed by atoms with E-state index in [-0.39, 0.29) is 11.9 Å². The highest BCUT2D eigenvalue weighted by atomic mass is 32.2. The molecule has 0 spiro atoms. The van der Waals surface area contributed by atoms with Gasteiger partial charge in [-0.2, -0.15) is 0 Å². The van der Waals surface area contributed by atoms with Crippen LogP contribution in [0.25, 0.3) is 0 Å². The zero-order valence-corrected chi connectivity index (χ0v) is 16.2. The molecule has 2 aliphatic rings. The van der Waals surface area contributed by atoms with Gasteiger partial charge >= 0.3 is 0 Å². The standard InChI is InChI=1S/C19H29N3O3S/c1-26(24,25)19(9-11-20-12-10-19)18(23)21-17-7-13-22(14-8-17)15-16-5-3-2-4-6-16/h2-6,17,20H,7-15H2,1H3,(H,21,23). The lowest BCUT2D eigenvalue weighted by Crippen LogP contribution is -2.59. The Morgan fingerprint density at radius 3 is 2.38 bits per heavy atom. The van der Waals surface area contributed by atoms with E-state index in [9.17, 15) is 13.2 Å². The molecule has 7 heteroatoms. The zero-order chi connectivity index (χ0) is 18.6. The number of amides is 1. The van der Waals surface area contributed by atoms with Crippen LogP contribution in [0.3, 0.4) is 0 Å². The highest BCUT2D eigenvalue weighted by Crippen LogP contribution is 2.28. The third-order valence-electron chi connectivity index (χ3n) is 5.71. The largest absolute Gasteiger partial charge is 0.352 e. The molecule has 2 heterocycles. The van der Waals surface area contributed by atoms with Crippen LogP contribution in [0.15, 0.2) is 30.3 Å². The highest BCUT2D eigenvalue weighted by Gasteiger charge is 2.49. The molecule has 1 amide bonds. The summed E-state index contributed by atoms with van der Waals surface area (Å²) >= 11 is 0. The average molecular weight is 380 g/mol. The molecule has 1 aromatic carbocycles. The molecule has 0 saturated carbocycles. The second-order valence-electron chi connectivity index (χ2n) is 7.53. The Morgan fingerprint density at radius 2 is 1.81 bits per heavy atom. The van der Waals surface area contributed by atoms with Gasteiger partial charge in [0, 0.05) is 31.9 Å². The van der Waals surface area contributed by atoms with E-state index in [1.54, 1.807) is 0 Å². The van der Waals surface area contributed by atoms with Gasteiger partial charge in [0.25, 0.3) is 0 Å². The third kappa shape index (κ3) is 4.27. The predicted octanol–water partition coefficient (Wildman–Crippen LogP) is 0.934. The fraction of sp³-hybridized carbons (Fsp3) is 0.632. The summed E-state index contributed by atoms with van der Waals surface area (Å²) in [6.45, 7) is 3.87. The van der Waals surface area contributed by atoms with E-state index in [0.717, 1.165) is 32.5 Å². The zero-order valence-electron chi connectivity index (χ0n) is 15.4. The normalized spacial score (nSPS) is 22.0. The second kappa shape index (κ2) is 8.06. The van der Waals surface area contributed by atoms with Crippen molar-refractivity contribution in [2.24, 2.45) is 0 Å². The van der Waals surface area contributed by atoms with Crippen molar-refractivity contribution in [2.75, 3.05) is 32.4 Å². The lowest BCUT2D eigenvalue weighted by molar-refractivity contribution is -0.125. The smallest absolute Gasteiger partial charge is 0.241 e. The number of nitrogens with zero attached hydrogens (tertiary/aromatic N) is 1. The first kappa shape index (κ1) is 19.3. The molecule has 2 fully saturated rings. The summed E-state index contributed by atoms with van der Waals surface area (Å²) in [5.74, 6) is -0.303. The summed E-state index contributed by atoms with van der Waals surface area (Å²) in [6, 6.07) is 10.4. The van der Waals surface area contributed by atoms with E-state index in [1.165, 1.54) is 11.8 Å². The van der Waals surface area contributed by atoms with Gasteiger partial charge in [0.15, 0.2) is 14.6 Å². The molecule has 0 radical (unpaired) electrons. The van der Waals surface area contributed by atoms with Crippen molar-refractivity contribution >= 4 is 15.7 Å². The van der Waals surface area contributed by atoms with E-state index >= 15 is 0 Å². The van der Waals surface area contributed by atoms with Gasteiger partial charge in [0.2, 0.25) is 5.91 Å². The van der Waals surface area contributed by atoms with Crippen LogP contribution in [0.1, 0.15) is 31.2 Å². The molecule has 26 heavy (non-hydrogen) atoms. The molecular formula is C19H29N3O3S. The maximum atomic E-state index is 12.9. The first-order valence-corrected chi connectivity index (χ1v) is 11.3. The molecule has 3 rings (SSSR count). The molecule has 0 aromatic heterocycles. The number of rotatable bonds is 5. The van der Waals surface area contributed by atoms with Gasteiger partial charge < -0.3 is 10.6 Å². The lowest BCUT2D eigenvalue weighted by Gasteiger charge is -2.38. The van der Waals surface area contributed by atoms with Gasteiger partial charge in [-0.15, -0.1) is 0 Å². The molecule has 0 aliphatic carbocycles. The Kier molecular flexibility index (Phi) is 5.99. The van der Waals surface area contributed by atoms with E-state index in [4.69, 9.17) is 0 Å². The van der Waals surface area contributed by atoms with Crippen LogP contribution in [0, 0.1) is 0 Å². The molecule has 1 aromatic rings. The van der Waals surface area contributed by atoms with E-state index in [1.807, 2.05) is 18.2 Å². The van der Waals surface area contributed by atoms with Crippen LogP contribution in [-0.4, -0.2) is 62.4 Å². The monoisotopic (exact) mass is 379 g/mol. The topological polar surface area (TPSA) is 78.5 Å². The number of hydrogen-bond donors (Lipinski definition) is 2. The number of likely N-dealkylation sites (tertiary alicyclic amines) is 1. The van der Waals surface area contributed by atoms with Crippen LogP contribution < -0.4 is 10.6 Å². The van der Waals surface area contributed by atoms with Crippen LogP contribution in [-0.2, 0) is 21.2 Å². The van der Waals surface area contributed by atoms with Gasteiger partial charge in [0.05, 0.1) is 0 Å². The summed E-state index contributed by atoms with van der Waals surface area (Å²) in [4.78, 5) is 15.3. The minimum Gasteiger partial charge on any atom is -0.352 e. The van der Waals surface area contributed by atoms with Crippen molar-refractivity contribution in [3.63, 3.8) is 0 Å². The fourth-order valence-electron chi connectivity index (χ4n) is 3.99. The number of piperidine rings is 2. The van der Waals surface area contributed by atoms with Crippen molar-refractivity contribution in [3.05, 3.63) is 35.9 Å². The average Bonchev–Trinajstić information content (AvgIpc) is 2.64. The molecule has 0 unspecified atom stereocenters. The molecule has 2 aliphatic heterocycles. The maximum absolute atomic E-state index is 12.9. The molecule has 0 bridgehead atoms. The minimum absolute atomic E-state index is 0.0584. The van der Waals surface area contributed by atoms with E-state index < -0.39 is 14.6 Å². The Bertz CT molecular complexity index is 707. The van der Waals surface area contributed by atoms with Crippen LogP contribution >= 0.6 is 0 Å². The number of benzene rings is 1. The predicted molar refractivity (Wildman–Crippen MR) is 103 cm³/mol. The lowest BCUT2D eigenvalue weighted by atomic mass is 9.94. The van der Waals surface area contributed by atoms with Crippen LogP contribution in [0.5, 0.6) is 0 Å². The number of carbonyl (C=O) groups excluding carboxylic acids is 1. The Labute approximate surface area is 156 Å². The minimum atomic E-state index is -3.45. The fourth-order valence-corrected chi connectivity index (χ4v) is 5.33. The Balaban J connectivity index is 1.56. The number of hydrogen-bond acceptors (Lipinski definition) is 5. The van der Waals surface area contributed by atoms with Gasteiger partial charge in [0.1, 0.15) is 0 Å². The van der Waals surface area contributed by atoms with Gasteiger partial charge in [-0.1, -0.05) is 30.3 Å². The summed E-state index contributed by atoms with van der Waals surface area (Å²) in [5, 5.41) is 6.20. The van der Waals surface area contributed by atoms with E-state index in [2.05, 4.69) is 27.7 Å². The summed E-state index contributed by atoms with van der Waals surface area (Å²) in [7, 11) is -3.45. The van der Waals surface area contributed by atoms with Gasteiger partial charge in [-0.05, 0) is 44.3 Å². The molecule has 2 N–H and O–H groups in total. The number of carbonyl (C=O) groups is 1. The first-order valence-electron chi connectivity index (χ1n) is 9.38. The van der Waals surface area contributed by atoms with Crippen molar-refractivity contribution < 1.29 is 13.2 Å². The SMILES string of the molecule is CS(=O)(=O)C1(C(=O)NC2CCN(Cc3ccccc3)CC2)CCNCC1. The molecule has 0 atom stereocenters. The molecular weight excluding hydrogens is 350 g/mol. The Morgan fingerprint density at radius 1 is 1.19 bits per heavy atom. The van der Waals surface area contributed by atoms with Crippen molar-refractivity contribution in [2.45, 2.75) is 43.0 Å². The van der Waals surface area contributed by atoms with Crippen LogP contribution in [0.4, 0.5) is 0 Å². The molecule has 2 saturated heterocycles. The first-order chi connectivity index (χ1) is 12.4. The maximum Gasteiger partial charge on any atom is 0.241 e. The summed E-state index contributed by atoms with van der Waals surface area (Å²) < 4.78 is 23.4. The van der Waals surface area contributed by atoms with Crippen molar-refractivity contribution in [1.29, 1.82) is 0 Å².